The SMILES string of the molecule is COc1cc(C)c(S(=O)(=O)NCc2ccnc(N3CCOCC3)n2)cc1C. The van der Waals surface area contributed by atoms with E-state index in [9.17, 15) is 8.42 Å². The van der Waals surface area contributed by atoms with Crippen molar-refractivity contribution in [2.75, 3.05) is 38.3 Å². The number of nitrogens with one attached hydrogen (secondary N) is 1. The quantitative estimate of drug-likeness (QED) is 0.794. The summed E-state index contributed by atoms with van der Waals surface area (Å²) in [4.78, 5) is 11.0. The zero-order valence-electron chi connectivity index (χ0n) is 15.7. The van der Waals surface area contributed by atoms with Crippen molar-refractivity contribution in [1.29, 1.82) is 0 Å². The Morgan fingerprint density at radius 3 is 2.67 bits per heavy atom. The van der Waals surface area contributed by atoms with Crippen molar-refractivity contribution in [1.82, 2.24) is 14.7 Å². The highest BCUT2D eigenvalue weighted by atomic mass is 32.2. The Bertz CT molecular complexity index is 912. The molecule has 27 heavy (non-hydrogen) atoms. The highest BCUT2D eigenvalue weighted by Crippen LogP contribution is 2.25. The van der Waals surface area contributed by atoms with Crippen LogP contribution in [0.3, 0.4) is 0 Å². The predicted molar refractivity (Wildman–Crippen MR) is 102 cm³/mol. The van der Waals surface area contributed by atoms with Crippen LogP contribution in [0.4, 0.5) is 5.95 Å². The van der Waals surface area contributed by atoms with Crippen LogP contribution in [0.15, 0.2) is 29.3 Å². The van der Waals surface area contributed by atoms with Crippen LogP contribution >= 0.6 is 0 Å². The average molecular weight is 392 g/mol. The number of sulfonamides is 1. The number of aromatic nitrogens is 2. The van der Waals surface area contributed by atoms with E-state index >= 15 is 0 Å². The van der Waals surface area contributed by atoms with Crippen LogP contribution in [0.2, 0.25) is 0 Å². The molecule has 1 fully saturated rings. The number of hydrogen-bond donors (Lipinski definition) is 1. The Morgan fingerprint density at radius 2 is 1.96 bits per heavy atom. The van der Waals surface area contributed by atoms with Crippen LogP contribution in [0.1, 0.15) is 16.8 Å². The molecule has 3 rings (SSSR count). The molecule has 0 atom stereocenters. The van der Waals surface area contributed by atoms with Crippen molar-refractivity contribution >= 4 is 16.0 Å². The van der Waals surface area contributed by atoms with Gasteiger partial charge in [0, 0.05) is 19.3 Å². The van der Waals surface area contributed by atoms with Gasteiger partial charge in [-0.15, -0.1) is 0 Å². The van der Waals surface area contributed by atoms with Gasteiger partial charge < -0.3 is 14.4 Å². The van der Waals surface area contributed by atoms with Gasteiger partial charge in [0.2, 0.25) is 16.0 Å². The molecule has 0 aliphatic carbocycles. The summed E-state index contributed by atoms with van der Waals surface area (Å²) in [5.41, 5.74) is 2.00. The van der Waals surface area contributed by atoms with Crippen molar-refractivity contribution in [2.24, 2.45) is 0 Å². The lowest BCUT2D eigenvalue weighted by molar-refractivity contribution is 0.122. The number of nitrogens with zero attached hydrogens (tertiary/aromatic N) is 3. The Morgan fingerprint density at radius 1 is 1.22 bits per heavy atom. The Labute approximate surface area is 159 Å². The molecular weight excluding hydrogens is 368 g/mol. The Balaban J connectivity index is 1.75. The molecular formula is C18H24N4O4S. The first-order valence-corrected chi connectivity index (χ1v) is 10.2. The topological polar surface area (TPSA) is 93.7 Å². The molecule has 9 heteroatoms. The number of ether oxygens (including phenoxy) is 2. The summed E-state index contributed by atoms with van der Waals surface area (Å²) in [7, 11) is -2.11. The molecule has 1 saturated heterocycles. The fourth-order valence-electron chi connectivity index (χ4n) is 2.92. The van der Waals surface area contributed by atoms with Gasteiger partial charge >= 0.3 is 0 Å². The number of benzene rings is 1. The van der Waals surface area contributed by atoms with E-state index < -0.39 is 10.0 Å². The van der Waals surface area contributed by atoms with Gasteiger partial charge in [-0.25, -0.2) is 23.1 Å². The number of morpholine rings is 1. The van der Waals surface area contributed by atoms with Crippen LogP contribution in [0.25, 0.3) is 0 Å². The number of rotatable bonds is 6. The zero-order chi connectivity index (χ0) is 19.4. The minimum absolute atomic E-state index is 0.0900. The minimum atomic E-state index is -3.67. The Kier molecular flexibility index (Phi) is 5.93. The summed E-state index contributed by atoms with van der Waals surface area (Å²) in [5, 5.41) is 0. The summed E-state index contributed by atoms with van der Waals surface area (Å²) in [6.07, 6.45) is 1.64. The van der Waals surface area contributed by atoms with Crippen LogP contribution in [-0.2, 0) is 21.3 Å². The molecule has 1 aliphatic heterocycles. The first kappa shape index (κ1) is 19.5. The summed E-state index contributed by atoms with van der Waals surface area (Å²) < 4.78 is 38.7. The molecule has 146 valence electrons. The number of anilines is 1. The second-order valence-corrected chi connectivity index (χ2v) is 8.09. The lowest BCUT2D eigenvalue weighted by atomic mass is 10.1. The van der Waals surface area contributed by atoms with Gasteiger partial charge in [0.1, 0.15) is 5.75 Å². The smallest absolute Gasteiger partial charge is 0.241 e. The van der Waals surface area contributed by atoms with Gasteiger partial charge in [0.05, 0.1) is 37.5 Å². The number of methoxy groups -OCH3 is 1. The van der Waals surface area contributed by atoms with Crippen LogP contribution in [0.5, 0.6) is 5.75 Å². The minimum Gasteiger partial charge on any atom is -0.496 e. The van der Waals surface area contributed by atoms with Gasteiger partial charge in [-0.1, -0.05) is 0 Å². The first-order valence-electron chi connectivity index (χ1n) is 8.70. The molecule has 0 saturated carbocycles. The Hall–Kier alpha value is -2.23. The lowest BCUT2D eigenvalue weighted by Gasteiger charge is -2.26. The number of hydrogen-bond acceptors (Lipinski definition) is 7. The third-order valence-electron chi connectivity index (χ3n) is 4.42. The fourth-order valence-corrected chi connectivity index (χ4v) is 4.23. The maximum absolute atomic E-state index is 12.7. The molecule has 2 heterocycles. The molecule has 1 N–H and O–H groups in total. The lowest BCUT2D eigenvalue weighted by Crippen LogP contribution is -2.37. The average Bonchev–Trinajstić information content (AvgIpc) is 2.68. The van der Waals surface area contributed by atoms with Gasteiger partial charge in [-0.2, -0.15) is 0 Å². The fraction of sp³-hybridized carbons (Fsp3) is 0.444. The highest BCUT2D eigenvalue weighted by Gasteiger charge is 2.19. The molecule has 2 aromatic rings. The van der Waals surface area contributed by atoms with Gasteiger partial charge in [0.15, 0.2) is 0 Å². The summed E-state index contributed by atoms with van der Waals surface area (Å²) in [6.45, 7) is 6.37. The van der Waals surface area contributed by atoms with E-state index in [0.717, 1.165) is 18.7 Å². The predicted octanol–water partition coefficient (Wildman–Crippen LogP) is 1.42. The maximum atomic E-state index is 12.7. The van der Waals surface area contributed by atoms with Crippen molar-refractivity contribution < 1.29 is 17.9 Å². The molecule has 0 spiro atoms. The first-order chi connectivity index (χ1) is 12.9. The second kappa shape index (κ2) is 8.20. The molecule has 1 aromatic heterocycles. The van der Waals surface area contributed by atoms with Crippen molar-refractivity contribution in [2.45, 2.75) is 25.3 Å². The van der Waals surface area contributed by atoms with E-state index in [4.69, 9.17) is 9.47 Å². The van der Waals surface area contributed by atoms with E-state index in [0.29, 0.717) is 36.2 Å². The monoisotopic (exact) mass is 392 g/mol. The highest BCUT2D eigenvalue weighted by molar-refractivity contribution is 7.89. The number of aryl methyl sites for hydroxylation is 2. The standard InChI is InChI=1S/C18H24N4O4S/c1-13-11-17(14(2)10-16(13)25-3)27(23,24)20-12-15-4-5-19-18(21-15)22-6-8-26-9-7-22/h4-5,10-11,20H,6-9,12H2,1-3H3. The summed E-state index contributed by atoms with van der Waals surface area (Å²) in [5.74, 6) is 1.25. The van der Waals surface area contributed by atoms with Crippen molar-refractivity contribution in [3.05, 3.63) is 41.2 Å². The summed E-state index contributed by atoms with van der Waals surface area (Å²) >= 11 is 0. The van der Waals surface area contributed by atoms with Crippen LogP contribution in [-0.4, -0.2) is 51.8 Å². The van der Waals surface area contributed by atoms with Crippen LogP contribution < -0.4 is 14.4 Å². The third-order valence-corrected chi connectivity index (χ3v) is 5.96. The molecule has 0 amide bonds. The largest absolute Gasteiger partial charge is 0.496 e. The normalized spacial score (nSPS) is 15.0. The van der Waals surface area contributed by atoms with E-state index in [1.165, 1.54) is 0 Å². The van der Waals surface area contributed by atoms with Crippen LogP contribution in [0, 0.1) is 13.8 Å². The molecule has 0 radical (unpaired) electrons. The van der Waals surface area contributed by atoms with E-state index in [1.54, 1.807) is 38.4 Å². The second-order valence-electron chi connectivity index (χ2n) is 6.36. The maximum Gasteiger partial charge on any atom is 0.241 e. The molecule has 1 aliphatic rings. The third kappa shape index (κ3) is 4.55. The van der Waals surface area contributed by atoms with E-state index in [2.05, 4.69) is 14.7 Å². The molecule has 0 bridgehead atoms. The molecule has 1 aromatic carbocycles. The van der Waals surface area contributed by atoms with Gasteiger partial charge in [0.25, 0.3) is 0 Å². The van der Waals surface area contributed by atoms with Crippen molar-refractivity contribution in [3.8, 4) is 5.75 Å². The summed E-state index contributed by atoms with van der Waals surface area (Å²) in [6, 6.07) is 5.05. The van der Waals surface area contributed by atoms with Gasteiger partial charge in [-0.05, 0) is 43.2 Å². The van der Waals surface area contributed by atoms with Crippen molar-refractivity contribution in [3.63, 3.8) is 0 Å². The molecule has 0 unspecified atom stereocenters. The van der Waals surface area contributed by atoms with Gasteiger partial charge in [-0.3, -0.25) is 0 Å². The zero-order valence-corrected chi connectivity index (χ0v) is 16.5. The molecule has 8 nitrogen and oxygen atoms in total. The van der Waals surface area contributed by atoms with E-state index in [1.807, 2.05) is 11.8 Å². The van der Waals surface area contributed by atoms with E-state index in [-0.39, 0.29) is 11.4 Å².